The highest BCUT2D eigenvalue weighted by Crippen LogP contribution is 2.25. The molecular weight excluding hydrogens is 360 g/mol. The zero-order valence-electron chi connectivity index (χ0n) is 17.1. The van der Waals surface area contributed by atoms with Gasteiger partial charge in [0.2, 0.25) is 0 Å². The van der Waals surface area contributed by atoms with Crippen LogP contribution in [0.1, 0.15) is 44.2 Å². The van der Waals surface area contributed by atoms with Crippen LogP contribution in [-0.2, 0) is 0 Å². The Morgan fingerprint density at radius 1 is 0.724 bits per heavy atom. The highest BCUT2D eigenvalue weighted by molar-refractivity contribution is 6.04. The molecule has 0 aliphatic carbocycles. The van der Waals surface area contributed by atoms with Crippen molar-refractivity contribution in [2.45, 2.75) is 33.1 Å². The van der Waals surface area contributed by atoms with Crippen molar-refractivity contribution in [3.05, 3.63) is 94.3 Å². The van der Waals surface area contributed by atoms with Crippen LogP contribution in [-0.4, -0.2) is 34.9 Å². The summed E-state index contributed by atoms with van der Waals surface area (Å²) in [6.45, 7) is 4.17. The average molecular weight is 389 g/mol. The molecule has 0 atom stereocenters. The molecule has 4 rings (SSSR count). The molecule has 0 saturated heterocycles. The van der Waals surface area contributed by atoms with E-state index >= 15 is 0 Å². The van der Waals surface area contributed by atoms with Crippen molar-refractivity contribution in [2.75, 3.05) is 13.2 Å². The van der Waals surface area contributed by atoms with Crippen molar-refractivity contribution in [3.63, 3.8) is 0 Å². The second-order valence-corrected chi connectivity index (χ2v) is 7.11. The van der Waals surface area contributed by atoms with Crippen LogP contribution in [0.5, 0.6) is 0 Å². The first-order chi connectivity index (χ1) is 14.2. The third-order valence-electron chi connectivity index (χ3n) is 5.24. The van der Waals surface area contributed by atoms with Crippen LogP contribution in [0.4, 0.5) is 0 Å². The molecule has 2 heterocycles. The summed E-state index contributed by atoms with van der Waals surface area (Å²) in [5.41, 5.74) is 8.56. The molecule has 0 fully saturated rings. The van der Waals surface area contributed by atoms with E-state index in [1.807, 2.05) is 36.4 Å². The van der Waals surface area contributed by atoms with Crippen LogP contribution in [0.15, 0.2) is 93.2 Å². The molecule has 2 aliphatic heterocycles. The predicted octanol–water partition coefficient (Wildman–Crippen LogP) is 4.68. The predicted molar refractivity (Wildman–Crippen MR) is 119 cm³/mol. The summed E-state index contributed by atoms with van der Waals surface area (Å²) in [6, 6.07) is 20.2. The van der Waals surface area contributed by atoms with Crippen molar-refractivity contribution >= 4 is 11.4 Å². The van der Waals surface area contributed by atoms with Gasteiger partial charge in [-0.3, -0.25) is 9.98 Å². The van der Waals surface area contributed by atoms with Gasteiger partial charge in [0, 0.05) is 18.5 Å². The molecule has 0 amide bonds. The minimum absolute atomic E-state index is 0.0320. The number of nitrogens with zero attached hydrogens (tertiary/aromatic N) is 2. The van der Waals surface area contributed by atoms with E-state index in [4.69, 9.17) is 10.2 Å². The summed E-state index contributed by atoms with van der Waals surface area (Å²) >= 11 is 0. The van der Waals surface area contributed by atoms with E-state index in [1.54, 1.807) is 0 Å². The molecule has 0 aromatic heterocycles. The fraction of sp³-hybridized carbons (Fsp3) is 0.280. The first kappa shape index (κ1) is 20.9. The van der Waals surface area contributed by atoms with Crippen molar-refractivity contribution in [2.24, 2.45) is 9.98 Å². The van der Waals surface area contributed by atoms with Crippen LogP contribution in [0.25, 0.3) is 0 Å². The highest BCUT2D eigenvalue weighted by Gasteiger charge is 2.17. The van der Waals surface area contributed by atoms with Crippen LogP contribution in [0, 0.1) is 0 Å². The van der Waals surface area contributed by atoms with Crippen molar-refractivity contribution in [3.8, 4) is 0 Å². The molecule has 2 N–H and O–H groups in total. The number of hydrogen-bond acceptors (Lipinski definition) is 4. The number of hydrogen-bond donors (Lipinski definition) is 2. The van der Waals surface area contributed by atoms with Gasteiger partial charge < -0.3 is 10.2 Å². The number of allylic oxidation sites excluding steroid dienone is 2. The van der Waals surface area contributed by atoms with Gasteiger partial charge in [0.05, 0.1) is 30.3 Å². The summed E-state index contributed by atoms with van der Waals surface area (Å²) < 4.78 is 0. The maximum atomic E-state index is 9.09. The Labute approximate surface area is 172 Å². The molecule has 4 nitrogen and oxygen atoms in total. The lowest BCUT2D eigenvalue weighted by Crippen LogP contribution is -1.99. The topological polar surface area (TPSA) is 65.2 Å². The summed E-state index contributed by atoms with van der Waals surface area (Å²) in [5.74, 6) is 0. The van der Waals surface area contributed by atoms with E-state index < -0.39 is 0 Å². The molecule has 0 spiro atoms. The molecule has 2 aliphatic rings. The zero-order chi connectivity index (χ0) is 20.6. The first-order valence-corrected chi connectivity index (χ1v) is 10.0. The molecule has 29 heavy (non-hydrogen) atoms. The molecule has 150 valence electrons. The van der Waals surface area contributed by atoms with E-state index in [9.17, 15) is 0 Å². The Hall–Kier alpha value is -2.82. The van der Waals surface area contributed by atoms with Crippen molar-refractivity contribution < 1.29 is 10.2 Å². The van der Waals surface area contributed by atoms with Gasteiger partial charge in [0.25, 0.3) is 0 Å². The Bertz CT molecular complexity index is 955. The summed E-state index contributed by atoms with van der Waals surface area (Å²) in [6.07, 6.45) is 2.79. The molecule has 0 unspecified atom stereocenters. The SMILES string of the molecule is CCC1=C(C)N=C(c2ccccc2)C1.OCC1=C(CO)N=C(c2ccccc2)C1. The second-order valence-electron chi connectivity index (χ2n) is 7.11. The lowest BCUT2D eigenvalue weighted by atomic mass is 10.0. The molecule has 2 aromatic carbocycles. The highest BCUT2D eigenvalue weighted by atomic mass is 16.3. The van der Waals surface area contributed by atoms with Crippen LogP contribution in [0.3, 0.4) is 0 Å². The maximum Gasteiger partial charge on any atom is 0.0853 e. The molecule has 2 aromatic rings. The van der Waals surface area contributed by atoms with E-state index in [0.717, 1.165) is 29.7 Å². The number of aliphatic hydroxyl groups is 2. The molecule has 0 saturated carbocycles. The number of aliphatic imine (C=N–C) groups is 2. The fourth-order valence-corrected chi connectivity index (χ4v) is 3.51. The van der Waals surface area contributed by atoms with Gasteiger partial charge in [-0.2, -0.15) is 0 Å². The van der Waals surface area contributed by atoms with Crippen molar-refractivity contribution in [1.82, 2.24) is 0 Å². The second kappa shape index (κ2) is 10.1. The van der Waals surface area contributed by atoms with Gasteiger partial charge in [0.15, 0.2) is 0 Å². The third-order valence-corrected chi connectivity index (χ3v) is 5.24. The van der Waals surface area contributed by atoms with E-state index in [2.05, 4.69) is 48.1 Å². The number of benzene rings is 2. The monoisotopic (exact) mass is 388 g/mol. The minimum atomic E-state index is -0.105. The lowest BCUT2D eigenvalue weighted by Gasteiger charge is -2.00. The fourth-order valence-electron chi connectivity index (χ4n) is 3.51. The maximum absolute atomic E-state index is 9.09. The van der Waals surface area contributed by atoms with Gasteiger partial charge in [-0.05, 0) is 35.6 Å². The minimum Gasteiger partial charge on any atom is -0.392 e. The van der Waals surface area contributed by atoms with Gasteiger partial charge in [0.1, 0.15) is 0 Å². The van der Waals surface area contributed by atoms with Crippen LogP contribution in [0.2, 0.25) is 0 Å². The number of rotatable bonds is 5. The number of aliphatic hydroxyl groups excluding tert-OH is 2. The first-order valence-electron chi connectivity index (χ1n) is 10.0. The quantitative estimate of drug-likeness (QED) is 0.781. The van der Waals surface area contributed by atoms with Crippen LogP contribution < -0.4 is 0 Å². The van der Waals surface area contributed by atoms with Crippen LogP contribution >= 0.6 is 0 Å². The summed E-state index contributed by atoms with van der Waals surface area (Å²) in [4.78, 5) is 8.92. The Morgan fingerprint density at radius 3 is 1.66 bits per heavy atom. The summed E-state index contributed by atoms with van der Waals surface area (Å²) in [7, 11) is 0. The van der Waals surface area contributed by atoms with Gasteiger partial charge in [-0.15, -0.1) is 0 Å². The van der Waals surface area contributed by atoms with Gasteiger partial charge in [-0.1, -0.05) is 67.6 Å². The molecule has 0 radical (unpaired) electrons. The summed E-state index contributed by atoms with van der Waals surface area (Å²) in [5, 5.41) is 18.1. The Morgan fingerprint density at radius 2 is 1.24 bits per heavy atom. The van der Waals surface area contributed by atoms with Crippen molar-refractivity contribution in [1.29, 1.82) is 0 Å². The Balaban J connectivity index is 0.000000166. The zero-order valence-corrected chi connectivity index (χ0v) is 17.1. The largest absolute Gasteiger partial charge is 0.392 e. The van der Waals surface area contributed by atoms with Gasteiger partial charge in [-0.25, -0.2) is 0 Å². The van der Waals surface area contributed by atoms with E-state index in [-0.39, 0.29) is 13.2 Å². The molecule has 0 bridgehead atoms. The average Bonchev–Trinajstić information content (AvgIpc) is 3.38. The van der Waals surface area contributed by atoms with E-state index in [1.165, 1.54) is 22.5 Å². The smallest absolute Gasteiger partial charge is 0.0853 e. The Kier molecular flexibility index (Phi) is 7.28. The molecular formula is C25H28N2O2. The van der Waals surface area contributed by atoms with Gasteiger partial charge >= 0.3 is 0 Å². The standard InChI is InChI=1S/C13H15N.C12H13NO2/c1-3-11-9-13(14-10(11)2)12-7-5-4-6-8-12;14-7-10-6-11(13-12(10)8-15)9-4-2-1-3-5-9/h4-8H,3,9H2,1-2H3;1-5,14-15H,6-8H2. The third kappa shape index (κ3) is 5.17. The van der Waals surface area contributed by atoms with E-state index in [0.29, 0.717) is 12.1 Å². The normalized spacial score (nSPS) is 15.9. The lowest BCUT2D eigenvalue weighted by molar-refractivity contribution is 0.311. The molecule has 4 heteroatoms.